The van der Waals surface area contributed by atoms with Gasteiger partial charge in [0.05, 0.1) is 13.2 Å². The van der Waals surface area contributed by atoms with E-state index in [1.165, 1.54) is 18.7 Å². The van der Waals surface area contributed by atoms with Gasteiger partial charge in [-0.1, -0.05) is 54.2 Å². The molecule has 0 saturated heterocycles. The second-order valence-electron chi connectivity index (χ2n) is 5.95. The molecule has 0 aliphatic carbocycles. The second kappa shape index (κ2) is 7.83. The lowest BCUT2D eigenvalue weighted by molar-refractivity contribution is -0.143. The largest absolute Gasteiger partial charge is 0.467 e. The lowest BCUT2D eigenvalue weighted by atomic mass is 10.0. The highest BCUT2D eigenvalue weighted by Gasteiger charge is 2.33. The first-order valence-electron chi connectivity index (χ1n) is 8.34. The van der Waals surface area contributed by atoms with Crippen LogP contribution in [0.4, 0.5) is 0 Å². The van der Waals surface area contributed by atoms with Gasteiger partial charge in [-0.05, 0) is 5.56 Å². The van der Waals surface area contributed by atoms with Gasteiger partial charge in [0, 0.05) is 19.2 Å². The number of ether oxygens (including phenoxy) is 1. The minimum absolute atomic E-state index is 0.0737. The van der Waals surface area contributed by atoms with Crippen LogP contribution in [0.5, 0.6) is 0 Å². The van der Waals surface area contributed by atoms with Gasteiger partial charge in [-0.15, -0.1) is 0 Å². The minimum Gasteiger partial charge on any atom is -0.467 e. The fraction of sp³-hybridized carbons (Fsp3) is 0.333. The number of aromatic nitrogens is 3. The zero-order chi connectivity index (χ0) is 19.6. The van der Waals surface area contributed by atoms with Gasteiger partial charge in [0.25, 0.3) is 0 Å². The van der Waals surface area contributed by atoms with Gasteiger partial charge in [-0.3, -0.25) is 4.79 Å². The van der Waals surface area contributed by atoms with E-state index in [0.717, 1.165) is 26.6 Å². The van der Waals surface area contributed by atoms with Crippen LogP contribution in [-0.4, -0.2) is 37.9 Å². The predicted molar refractivity (Wildman–Crippen MR) is 101 cm³/mol. The number of fused-ring (bicyclic) bond motifs is 1. The van der Waals surface area contributed by atoms with Gasteiger partial charge in [0.15, 0.2) is 11.2 Å². The highest BCUT2D eigenvalue weighted by Crippen LogP contribution is 2.25. The Bertz CT molecular complexity index is 1000. The molecule has 1 aromatic heterocycles. The molecular weight excluding hydrogens is 370 g/mol. The van der Waals surface area contributed by atoms with Crippen molar-refractivity contribution >= 4 is 22.8 Å². The number of methoxy groups -OCH3 is 1. The minimum atomic E-state index is -1.02. The maximum atomic E-state index is 13.0. The first kappa shape index (κ1) is 19.0. The van der Waals surface area contributed by atoms with Crippen LogP contribution in [0.3, 0.4) is 0 Å². The number of benzene rings is 1. The zero-order valence-corrected chi connectivity index (χ0v) is 15.7. The summed E-state index contributed by atoms with van der Waals surface area (Å²) in [6.45, 7) is 1.50. The van der Waals surface area contributed by atoms with E-state index >= 15 is 0 Å². The molecule has 0 radical (unpaired) electrons. The van der Waals surface area contributed by atoms with Crippen LogP contribution in [0.2, 0.25) is 0 Å². The molecule has 0 N–H and O–H groups in total. The summed E-state index contributed by atoms with van der Waals surface area (Å²) >= 11 is 1.03. The van der Waals surface area contributed by atoms with Gasteiger partial charge < -0.3 is 4.74 Å². The van der Waals surface area contributed by atoms with E-state index in [2.05, 4.69) is 0 Å². The summed E-state index contributed by atoms with van der Waals surface area (Å²) in [6, 6.07) is 7.68. The van der Waals surface area contributed by atoms with Crippen LogP contribution < -0.4 is 11.4 Å². The van der Waals surface area contributed by atoms with E-state index in [-0.39, 0.29) is 11.7 Å². The van der Waals surface area contributed by atoms with Crippen LogP contribution in [0.1, 0.15) is 24.6 Å². The number of carbonyl (C=O) groups is 2. The van der Waals surface area contributed by atoms with Gasteiger partial charge in [0.2, 0.25) is 0 Å². The summed E-state index contributed by atoms with van der Waals surface area (Å²) < 4.78 is 8.24. The van der Waals surface area contributed by atoms with Gasteiger partial charge >= 0.3 is 17.3 Å². The number of nitrogens with zero attached hydrogens (tertiary/aromatic N) is 3. The average molecular weight is 389 g/mol. The third-order valence-electron chi connectivity index (χ3n) is 4.29. The average Bonchev–Trinajstić information content (AvgIpc) is 2.92. The molecule has 9 heteroatoms. The second-order valence-corrected chi connectivity index (χ2v) is 7.23. The number of rotatable bonds is 5. The molecule has 0 unspecified atom stereocenters. The van der Waals surface area contributed by atoms with Crippen molar-refractivity contribution in [1.29, 1.82) is 0 Å². The number of thioether (sulfide) groups is 1. The molecule has 0 spiro atoms. The summed E-state index contributed by atoms with van der Waals surface area (Å²) in [4.78, 5) is 49.1. The number of esters is 1. The summed E-state index contributed by atoms with van der Waals surface area (Å²) in [5, 5.41) is -0.0941. The van der Waals surface area contributed by atoms with Crippen molar-refractivity contribution in [1.82, 2.24) is 13.9 Å². The summed E-state index contributed by atoms with van der Waals surface area (Å²) in [5.41, 5.74) is -0.329. The van der Waals surface area contributed by atoms with Crippen LogP contribution in [0, 0.1) is 0 Å². The Morgan fingerprint density at radius 2 is 1.74 bits per heavy atom. The molecule has 2 aromatic rings. The van der Waals surface area contributed by atoms with Crippen molar-refractivity contribution in [2.45, 2.75) is 25.6 Å². The Kier molecular flexibility index (Phi) is 5.50. The molecule has 1 aliphatic heterocycles. The Morgan fingerprint density at radius 3 is 2.37 bits per heavy atom. The highest BCUT2D eigenvalue weighted by atomic mass is 32.2. The summed E-state index contributed by atoms with van der Waals surface area (Å²) in [5.74, 6) is -0.343. The van der Waals surface area contributed by atoms with E-state index in [1.54, 1.807) is 12.2 Å². The highest BCUT2D eigenvalue weighted by molar-refractivity contribution is 8.13. The van der Waals surface area contributed by atoms with E-state index in [0.29, 0.717) is 5.75 Å². The molecule has 0 fully saturated rings. The molecule has 1 aromatic carbocycles. The number of hydrogen-bond donors (Lipinski definition) is 0. The van der Waals surface area contributed by atoms with Crippen molar-refractivity contribution < 1.29 is 14.3 Å². The Balaban J connectivity index is 2.12. The quantitative estimate of drug-likeness (QED) is 0.559. The number of allylic oxidation sites excluding steroid dienone is 1. The van der Waals surface area contributed by atoms with Crippen molar-refractivity contribution in [2.75, 3.05) is 12.9 Å². The van der Waals surface area contributed by atoms with E-state index < -0.39 is 29.4 Å². The zero-order valence-electron chi connectivity index (χ0n) is 14.9. The molecule has 27 heavy (non-hydrogen) atoms. The lowest BCUT2D eigenvalue weighted by Gasteiger charge is -2.25. The van der Waals surface area contributed by atoms with Crippen molar-refractivity contribution in [2.24, 2.45) is 0 Å². The molecule has 0 amide bonds. The molecule has 2 atom stereocenters. The fourth-order valence-corrected chi connectivity index (χ4v) is 3.63. The Morgan fingerprint density at radius 1 is 1.07 bits per heavy atom. The van der Waals surface area contributed by atoms with Crippen LogP contribution in [0.15, 0.2) is 52.1 Å². The normalized spacial score (nSPS) is 18.1. The summed E-state index contributed by atoms with van der Waals surface area (Å²) in [7, 11) is 1.23. The molecule has 1 aliphatic rings. The first-order chi connectivity index (χ1) is 13.0. The number of hydrogen-bond acceptors (Lipinski definition) is 6. The molecule has 8 nitrogen and oxygen atoms in total. The standard InChI is InChI=1S/C18H19N3O5S/c1-12(22)27-11-10-19-17(24)20-14(13-6-4-3-5-7-13)8-9-15(16(23)26-2)21(20)18(19)25/h3-9,14-15H,10-11H2,1-2H3/t14-,15+/m1/s1. The molecule has 0 saturated carbocycles. The Labute approximate surface area is 159 Å². The first-order valence-corrected chi connectivity index (χ1v) is 9.32. The lowest BCUT2D eigenvalue weighted by Crippen LogP contribution is -2.38. The van der Waals surface area contributed by atoms with Crippen molar-refractivity contribution in [3.63, 3.8) is 0 Å². The van der Waals surface area contributed by atoms with Gasteiger partial charge in [-0.2, -0.15) is 0 Å². The van der Waals surface area contributed by atoms with E-state index in [4.69, 9.17) is 4.74 Å². The van der Waals surface area contributed by atoms with Crippen LogP contribution in [-0.2, 0) is 20.9 Å². The third-order valence-corrected chi connectivity index (χ3v) is 5.09. The van der Waals surface area contributed by atoms with Crippen molar-refractivity contribution in [3.8, 4) is 0 Å². The summed E-state index contributed by atoms with van der Waals surface area (Å²) in [6.07, 6.45) is 3.28. The molecule has 3 rings (SSSR count). The number of carbonyl (C=O) groups excluding carboxylic acids is 2. The van der Waals surface area contributed by atoms with Gasteiger partial charge in [-0.25, -0.2) is 28.3 Å². The topological polar surface area (TPSA) is 92.3 Å². The van der Waals surface area contributed by atoms with Crippen LogP contribution >= 0.6 is 11.8 Å². The third kappa shape index (κ3) is 3.55. The Hall–Kier alpha value is -2.81. The molecule has 142 valence electrons. The van der Waals surface area contributed by atoms with E-state index in [1.807, 2.05) is 30.3 Å². The molecule has 2 heterocycles. The fourth-order valence-electron chi connectivity index (χ4n) is 3.07. The smallest absolute Gasteiger partial charge is 0.348 e. The molecular formula is C18H19N3O5S. The maximum Gasteiger partial charge on any atom is 0.348 e. The van der Waals surface area contributed by atoms with Crippen molar-refractivity contribution in [3.05, 3.63) is 69.0 Å². The van der Waals surface area contributed by atoms with E-state index in [9.17, 15) is 19.2 Å². The SMILES string of the molecule is COC(=O)[C@@H]1C=C[C@H](c2ccccc2)n2c(=O)n(CCSC(C)=O)c(=O)n21. The predicted octanol–water partition coefficient (Wildman–Crippen LogP) is 0.964. The monoisotopic (exact) mass is 389 g/mol. The maximum absolute atomic E-state index is 13.0. The van der Waals surface area contributed by atoms with Crippen LogP contribution in [0.25, 0.3) is 0 Å². The molecule has 0 bridgehead atoms. The van der Waals surface area contributed by atoms with Gasteiger partial charge in [0.1, 0.15) is 0 Å².